The maximum atomic E-state index is 14.0. The number of para-hydroxylation sites is 1. The van der Waals surface area contributed by atoms with Crippen LogP contribution < -0.4 is 9.64 Å². The van der Waals surface area contributed by atoms with E-state index in [0.29, 0.717) is 26.0 Å². The number of non-ortho nitro benzene ring substituents is 1. The number of carbonyl (C=O) groups excluding carboxylic acids is 1. The van der Waals surface area contributed by atoms with Gasteiger partial charge in [0, 0.05) is 23.3 Å². The highest BCUT2D eigenvalue weighted by atomic mass is 32.2. The standard InChI is InChI=1S/C24H17FN2O4S2/c1-15-6-2-5-9-20(15)26-23(28)22(33-24(26)32)13-17-12-18(27(29)30)10-11-21(17)31-14-16-7-3-4-8-19(16)25/h2-13H,14H2,1H3. The highest BCUT2D eigenvalue weighted by molar-refractivity contribution is 8.27. The van der Waals surface area contributed by atoms with Gasteiger partial charge >= 0.3 is 0 Å². The van der Waals surface area contributed by atoms with Crippen molar-refractivity contribution in [1.29, 1.82) is 0 Å². The maximum absolute atomic E-state index is 14.0. The first-order valence-corrected chi connectivity index (χ1v) is 11.1. The van der Waals surface area contributed by atoms with Gasteiger partial charge in [-0.15, -0.1) is 0 Å². The Bertz CT molecular complexity index is 1310. The van der Waals surface area contributed by atoms with Crippen molar-refractivity contribution in [2.24, 2.45) is 0 Å². The van der Waals surface area contributed by atoms with Crippen LogP contribution >= 0.6 is 24.0 Å². The minimum atomic E-state index is -0.531. The van der Waals surface area contributed by atoms with E-state index in [9.17, 15) is 19.3 Å². The molecule has 6 nitrogen and oxygen atoms in total. The lowest BCUT2D eigenvalue weighted by molar-refractivity contribution is -0.384. The average molecular weight is 481 g/mol. The SMILES string of the molecule is Cc1ccccc1N1C(=O)C(=Cc2cc([N+](=O)[O-])ccc2OCc2ccccc2F)SC1=S. The van der Waals surface area contributed by atoms with Crippen LogP contribution in [0.2, 0.25) is 0 Å². The third-order valence-corrected chi connectivity index (χ3v) is 6.28. The molecule has 1 aliphatic heterocycles. The Morgan fingerprint density at radius 2 is 1.88 bits per heavy atom. The molecule has 9 heteroatoms. The normalized spacial score (nSPS) is 14.7. The number of nitro groups is 1. The van der Waals surface area contributed by atoms with Crippen molar-refractivity contribution in [2.45, 2.75) is 13.5 Å². The molecule has 1 amide bonds. The smallest absolute Gasteiger partial charge is 0.270 e. The Morgan fingerprint density at radius 3 is 2.61 bits per heavy atom. The number of nitro benzene ring substituents is 1. The van der Waals surface area contributed by atoms with Crippen LogP contribution in [0.25, 0.3) is 6.08 Å². The molecule has 0 unspecified atom stereocenters. The largest absolute Gasteiger partial charge is 0.488 e. The quantitative estimate of drug-likeness (QED) is 0.186. The van der Waals surface area contributed by atoms with E-state index in [2.05, 4.69) is 0 Å². The second-order valence-electron chi connectivity index (χ2n) is 7.16. The molecule has 166 valence electrons. The minimum Gasteiger partial charge on any atom is -0.488 e. The zero-order chi connectivity index (χ0) is 23.5. The van der Waals surface area contributed by atoms with Crippen molar-refractivity contribution in [1.82, 2.24) is 0 Å². The van der Waals surface area contributed by atoms with Crippen molar-refractivity contribution in [2.75, 3.05) is 4.90 Å². The monoisotopic (exact) mass is 480 g/mol. The molecule has 0 bridgehead atoms. The van der Waals surface area contributed by atoms with Gasteiger partial charge in [0.15, 0.2) is 4.32 Å². The van der Waals surface area contributed by atoms with Gasteiger partial charge in [0.1, 0.15) is 18.2 Å². The number of nitrogens with zero attached hydrogens (tertiary/aromatic N) is 2. The number of carbonyl (C=O) groups is 1. The number of ether oxygens (including phenoxy) is 1. The molecule has 0 N–H and O–H groups in total. The fourth-order valence-electron chi connectivity index (χ4n) is 3.30. The highest BCUT2D eigenvalue weighted by Gasteiger charge is 2.34. The Kier molecular flexibility index (Phi) is 6.52. The number of rotatable bonds is 6. The fraction of sp³-hybridized carbons (Fsp3) is 0.0833. The van der Waals surface area contributed by atoms with E-state index in [0.717, 1.165) is 17.3 Å². The van der Waals surface area contributed by atoms with E-state index in [-0.39, 0.29) is 24.0 Å². The molecule has 3 aromatic carbocycles. The molecule has 33 heavy (non-hydrogen) atoms. The summed E-state index contributed by atoms with van der Waals surface area (Å²) in [6.45, 7) is 1.81. The summed E-state index contributed by atoms with van der Waals surface area (Å²) in [7, 11) is 0. The topological polar surface area (TPSA) is 72.7 Å². The van der Waals surface area contributed by atoms with Crippen LogP contribution in [0.4, 0.5) is 15.8 Å². The van der Waals surface area contributed by atoms with Crippen molar-refractivity contribution in [3.63, 3.8) is 0 Å². The molecule has 0 saturated carbocycles. The van der Waals surface area contributed by atoms with Gasteiger partial charge in [-0.25, -0.2) is 4.39 Å². The number of amides is 1. The van der Waals surface area contributed by atoms with Gasteiger partial charge < -0.3 is 4.74 Å². The van der Waals surface area contributed by atoms with Crippen LogP contribution in [0.3, 0.4) is 0 Å². The van der Waals surface area contributed by atoms with Crippen LogP contribution in [-0.2, 0) is 11.4 Å². The zero-order valence-corrected chi connectivity index (χ0v) is 19.0. The summed E-state index contributed by atoms with van der Waals surface area (Å²) in [6, 6.07) is 17.6. The third-order valence-electron chi connectivity index (χ3n) is 4.98. The molecule has 3 aromatic rings. The summed E-state index contributed by atoms with van der Waals surface area (Å²) in [5.74, 6) is -0.462. The number of benzene rings is 3. The molecule has 0 radical (unpaired) electrons. The number of thioether (sulfide) groups is 1. The second-order valence-corrected chi connectivity index (χ2v) is 8.84. The second kappa shape index (κ2) is 9.51. The minimum absolute atomic E-state index is 0.0739. The molecule has 1 fully saturated rings. The van der Waals surface area contributed by atoms with E-state index >= 15 is 0 Å². The Morgan fingerprint density at radius 1 is 1.15 bits per heavy atom. The first kappa shape index (κ1) is 22.6. The molecule has 4 rings (SSSR count). The number of halogens is 1. The van der Waals surface area contributed by atoms with E-state index in [1.165, 1.54) is 35.2 Å². The van der Waals surface area contributed by atoms with Gasteiger partial charge in [-0.2, -0.15) is 0 Å². The first-order chi connectivity index (χ1) is 15.8. The molecule has 1 heterocycles. The van der Waals surface area contributed by atoms with Crippen molar-refractivity contribution in [3.05, 3.63) is 104 Å². The van der Waals surface area contributed by atoms with Crippen LogP contribution in [0.5, 0.6) is 5.75 Å². The van der Waals surface area contributed by atoms with Crippen LogP contribution in [0.1, 0.15) is 16.7 Å². The molecular weight excluding hydrogens is 463 g/mol. The zero-order valence-electron chi connectivity index (χ0n) is 17.4. The van der Waals surface area contributed by atoms with Crippen LogP contribution in [0.15, 0.2) is 71.6 Å². The fourth-order valence-corrected chi connectivity index (χ4v) is 4.57. The summed E-state index contributed by atoms with van der Waals surface area (Å²) in [5.41, 5.74) is 2.07. The Hall–Kier alpha value is -3.56. The van der Waals surface area contributed by atoms with Gasteiger partial charge in [0.05, 0.1) is 15.5 Å². The first-order valence-electron chi connectivity index (χ1n) is 9.83. The lowest BCUT2D eigenvalue weighted by Crippen LogP contribution is -2.28. The summed E-state index contributed by atoms with van der Waals surface area (Å²) in [4.78, 5) is 25.7. The van der Waals surface area contributed by atoms with Crippen molar-refractivity contribution in [3.8, 4) is 5.75 Å². The molecule has 0 aliphatic carbocycles. The molecule has 1 aliphatic rings. The van der Waals surface area contributed by atoms with Gasteiger partial charge in [0.25, 0.3) is 11.6 Å². The van der Waals surface area contributed by atoms with Crippen LogP contribution in [-0.4, -0.2) is 15.2 Å². The maximum Gasteiger partial charge on any atom is 0.270 e. The predicted octanol–water partition coefficient (Wildman–Crippen LogP) is 6.03. The summed E-state index contributed by atoms with van der Waals surface area (Å²) in [6.07, 6.45) is 1.52. The van der Waals surface area contributed by atoms with Gasteiger partial charge in [-0.3, -0.25) is 19.8 Å². The average Bonchev–Trinajstić information content (AvgIpc) is 3.07. The summed E-state index contributed by atoms with van der Waals surface area (Å²) < 4.78 is 20.1. The molecule has 0 atom stereocenters. The number of thiocarbonyl (C=S) groups is 1. The van der Waals surface area contributed by atoms with Crippen LogP contribution in [0, 0.1) is 22.9 Å². The lowest BCUT2D eigenvalue weighted by atomic mass is 10.1. The highest BCUT2D eigenvalue weighted by Crippen LogP contribution is 2.38. The van der Waals surface area contributed by atoms with Crippen molar-refractivity contribution >= 4 is 51.7 Å². The number of hydrogen-bond donors (Lipinski definition) is 0. The Balaban J connectivity index is 1.68. The van der Waals surface area contributed by atoms with Crippen molar-refractivity contribution < 1.29 is 18.8 Å². The number of hydrogen-bond acceptors (Lipinski definition) is 6. The molecule has 0 spiro atoms. The molecule has 1 saturated heterocycles. The van der Waals surface area contributed by atoms with E-state index in [4.69, 9.17) is 17.0 Å². The van der Waals surface area contributed by atoms with Gasteiger partial charge in [0.2, 0.25) is 0 Å². The summed E-state index contributed by atoms with van der Waals surface area (Å²) in [5, 5.41) is 11.3. The number of anilines is 1. The van der Waals surface area contributed by atoms with Gasteiger partial charge in [-0.1, -0.05) is 60.4 Å². The third kappa shape index (κ3) is 4.79. The molecule has 0 aromatic heterocycles. The number of aryl methyl sites for hydroxylation is 1. The lowest BCUT2D eigenvalue weighted by Gasteiger charge is -2.16. The van der Waals surface area contributed by atoms with E-state index < -0.39 is 10.7 Å². The predicted molar refractivity (Wildman–Crippen MR) is 131 cm³/mol. The van der Waals surface area contributed by atoms with E-state index in [1.54, 1.807) is 24.3 Å². The molecular formula is C24H17FN2O4S2. The summed E-state index contributed by atoms with van der Waals surface area (Å²) >= 11 is 6.53. The van der Waals surface area contributed by atoms with E-state index in [1.807, 2.05) is 25.1 Å². The van der Waals surface area contributed by atoms with Gasteiger partial charge in [-0.05, 0) is 36.8 Å². The Labute approximate surface area is 198 Å².